The minimum absolute atomic E-state index is 0.217. The van der Waals surface area contributed by atoms with E-state index in [9.17, 15) is 4.79 Å². The van der Waals surface area contributed by atoms with Crippen LogP contribution in [0.5, 0.6) is 0 Å². The van der Waals surface area contributed by atoms with Gasteiger partial charge in [-0.05, 0) is 38.9 Å². The average Bonchev–Trinajstić information content (AvgIpc) is 3.21. The maximum absolute atomic E-state index is 12.8. The molecule has 0 bridgehead atoms. The highest BCUT2D eigenvalue weighted by Crippen LogP contribution is 2.34. The largest absolute Gasteiger partial charge is 0.349 e. The smallest absolute Gasteiger partial charge is 0.264 e. The van der Waals surface area contributed by atoms with E-state index >= 15 is 0 Å². The molecule has 1 saturated carbocycles. The summed E-state index contributed by atoms with van der Waals surface area (Å²) in [6, 6.07) is 2.78. The Bertz CT molecular complexity index is 667. The summed E-state index contributed by atoms with van der Waals surface area (Å²) in [4.78, 5) is 18.0. The summed E-state index contributed by atoms with van der Waals surface area (Å²) in [6.45, 7) is 3.79. The molecule has 0 atom stereocenters. The van der Waals surface area contributed by atoms with Crippen molar-refractivity contribution in [1.29, 1.82) is 0 Å². The van der Waals surface area contributed by atoms with E-state index in [0.717, 1.165) is 37.5 Å². The molecular weight excluding hydrogens is 306 g/mol. The van der Waals surface area contributed by atoms with Gasteiger partial charge in [0.25, 0.3) is 5.91 Å². The molecule has 2 aliphatic rings. The molecule has 1 saturated heterocycles. The van der Waals surface area contributed by atoms with E-state index in [4.69, 9.17) is 0 Å². The van der Waals surface area contributed by atoms with Crippen LogP contribution in [0.4, 0.5) is 0 Å². The van der Waals surface area contributed by atoms with Crippen LogP contribution in [-0.4, -0.2) is 53.5 Å². The van der Waals surface area contributed by atoms with Crippen molar-refractivity contribution < 1.29 is 4.79 Å². The minimum Gasteiger partial charge on any atom is -0.349 e. The third-order valence-corrected chi connectivity index (χ3v) is 6.38. The number of amides is 1. The summed E-state index contributed by atoms with van der Waals surface area (Å²) in [5.74, 6) is 0.217. The molecule has 4 nitrogen and oxygen atoms in total. The lowest BCUT2D eigenvalue weighted by molar-refractivity contribution is 0.0767. The minimum atomic E-state index is 0.217. The lowest BCUT2D eigenvalue weighted by Gasteiger charge is -2.19. The maximum atomic E-state index is 12.8. The standard InChI is InChI=1S/C18H25N3OS/c1-19-7-4-8-20(10-9-19)18(22)16-11-14-12-21(13-17(14)23-16)15-5-2-3-6-15/h11-13,15H,2-10H2,1H3. The Morgan fingerprint density at radius 2 is 1.91 bits per heavy atom. The van der Waals surface area contributed by atoms with E-state index in [1.165, 1.54) is 35.8 Å². The van der Waals surface area contributed by atoms with Gasteiger partial charge in [0.1, 0.15) is 0 Å². The molecule has 2 aromatic rings. The molecule has 0 aromatic carbocycles. The second-order valence-corrected chi connectivity index (χ2v) is 8.11. The first kappa shape index (κ1) is 15.2. The fourth-order valence-corrected chi connectivity index (χ4v) is 4.92. The molecule has 0 N–H and O–H groups in total. The van der Waals surface area contributed by atoms with E-state index in [2.05, 4.69) is 35.0 Å². The number of hydrogen-bond donors (Lipinski definition) is 0. The van der Waals surface area contributed by atoms with E-state index < -0.39 is 0 Å². The summed E-state index contributed by atoms with van der Waals surface area (Å²) in [6.07, 6.45) is 10.9. The van der Waals surface area contributed by atoms with Crippen molar-refractivity contribution in [3.05, 3.63) is 23.3 Å². The van der Waals surface area contributed by atoms with Crippen LogP contribution in [0.15, 0.2) is 18.5 Å². The summed E-state index contributed by atoms with van der Waals surface area (Å²) in [5.41, 5.74) is 0. The molecule has 0 spiro atoms. The van der Waals surface area contributed by atoms with Gasteiger partial charge in [0.2, 0.25) is 0 Å². The van der Waals surface area contributed by atoms with Gasteiger partial charge in [0.05, 0.1) is 9.58 Å². The Morgan fingerprint density at radius 3 is 2.70 bits per heavy atom. The predicted molar refractivity (Wildman–Crippen MR) is 95.3 cm³/mol. The normalized spacial score (nSPS) is 21.2. The van der Waals surface area contributed by atoms with Crippen molar-refractivity contribution >= 4 is 27.3 Å². The fraction of sp³-hybridized carbons (Fsp3) is 0.611. The van der Waals surface area contributed by atoms with Gasteiger partial charge in [-0.3, -0.25) is 4.79 Å². The van der Waals surface area contributed by atoms with Gasteiger partial charge in [0.15, 0.2) is 0 Å². The fourth-order valence-electron chi connectivity index (χ4n) is 3.88. The number of rotatable bonds is 2. The first-order chi connectivity index (χ1) is 11.2. The molecule has 3 heterocycles. The van der Waals surface area contributed by atoms with Crippen molar-refractivity contribution in [3.8, 4) is 0 Å². The molecule has 2 aromatic heterocycles. The van der Waals surface area contributed by atoms with Crippen LogP contribution in [0, 0.1) is 0 Å². The average molecular weight is 331 g/mol. The zero-order valence-electron chi connectivity index (χ0n) is 13.8. The van der Waals surface area contributed by atoms with Crippen LogP contribution in [0.3, 0.4) is 0 Å². The number of aromatic nitrogens is 1. The van der Waals surface area contributed by atoms with Gasteiger partial charge in [-0.2, -0.15) is 0 Å². The first-order valence-electron chi connectivity index (χ1n) is 8.79. The molecule has 0 radical (unpaired) electrons. The summed E-state index contributed by atoms with van der Waals surface area (Å²) in [7, 11) is 2.13. The van der Waals surface area contributed by atoms with Crippen molar-refractivity contribution in [2.24, 2.45) is 0 Å². The van der Waals surface area contributed by atoms with Crippen LogP contribution < -0.4 is 0 Å². The lowest BCUT2D eigenvalue weighted by atomic mass is 10.2. The molecule has 1 aliphatic carbocycles. The highest BCUT2D eigenvalue weighted by atomic mass is 32.1. The number of fused-ring (bicyclic) bond motifs is 1. The molecule has 124 valence electrons. The Labute approximate surface area is 141 Å². The van der Waals surface area contributed by atoms with Gasteiger partial charge >= 0.3 is 0 Å². The van der Waals surface area contributed by atoms with Gasteiger partial charge in [-0.15, -0.1) is 11.3 Å². The van der Waals surface area contributed by atoms with Crippen molar-refractivity contribution in [2.75, 3.05) is 33.2 Å². The van der Waals surface area contributed by atoms with Crippen molar-refractivity contribution in [1.82, 2.24) is 14.4 Å². The van der Waals surface area contributed by atoms with Crippen LogP contribution >= 0.6 is 11.3 Å². The van der Waals surface area contributed by atoms with E-state index in [-0.39, 0.29) is 5.91 Å². The molecule has 4 rings (SSSR count). The predicted octanol–water partition coefficient (Wildman–Crippen LogP) is 3.60. The second-order valence-electron chi connectivity index (χ2n) is 7.02. The van der Waals surface area contributed by atoms with E-state index in [1.54, 1.807) is 11.3 Å². The Balaban J connectivity index is 1.52. The summed E-state index contributed by atoms with van der Waals surface area (Å²) >= 11 is 1.66. The zero-order chi connectivity index (χ0) is 15.8. The second kappa shape index (κ2) is 6.29. The number of carbonyl (C=O) groups is 1. The Hall–Kier alpha value is -1.33. The van der Waals surface area contributed by atoms with Crippen LogP contribution in [-0.2, 0) is 0 Å². The van der Waals surface area contributed by atoms with Gasteiger partial charge in [-0.25, -0.2) is 0 Å². The molecule has 2 fully saturated rings. The Morgan fingerprint density at radius 1 is 1.09 bits per heavy atom. The monoisotopic (exact) mass is 331 g/mol. The molecule has 1 amide bonds. The first-order valence-corrected chi connectivity index (χ1v) is 9.61. The quantitative estimate of drug-likeness (QED) is 0.841. The third kappa shape index (κ3) is 3.04. The van der Waals surface area contributed by atoms with E-state index in [1.807, 2.05) is 4.90 Å². The molecule has 0 unspecified atom stereocenters. The van der Waals surface area contributed by atoms with E-state index in [0.29, 0.717) is 6.04 Å². The number of nitrogens with zero attached hydrogens (tertiary/aromatic N) is 3. The number of carbonyl (C=O) groups excluding carboxylic acids is 1. The topological polar surface area (TPSA) is 28.5 Å². The number of thiophene rings is 1. The van der Waals surface area contributed by atoms with Crippen LogP contribution in [0.2, 0.25) is 0 Å². The Kier molecular flexibility index (Phi) is 4.16. The molecular formula is C18H25N3OS. The van der Waals surface area contributed by atoms with Gasteiger partial charge in [0, 0.05) is 43.5 Å². The number of likely N-dealkylation sites (N-methyl/N-ethyl adjacent to an activating group) is 1. The SMILES string of the molecule is CN1CCCN(C(=O)c2cc3cn(C4CCCC4)cc3s2)CC1. The van der Waals surface area contributed by atoms with Gasteiger partial charge in [-0.1, -0.05) is 12.8 Å². The highest BCUT2D eigenvalue weighted by Gasteiger charge is 2.22. The van der Waals surface area contributed by atoms with Crippen LogP contribution in [0.25, 0.3) is 10.1 Å². The maximum Gasteiger partial charge on any atom is 0.264 e. The summed E-state index contributed by atoms with van der Waals surface area (Å²) in [5, 5.41) is 1.23. The van der Waals surface area contributed by atoms with Gasteiger partial charge < -0.3 is 14.4 Å². The molecule has 1 aliphatic heterocycles. The molecule has 23 heavy (non-hydrogen) atoms. The van der Waals surface area contributed by atoms with Crippen LogP contribution in [0.1, 0.15) is 47.8 Å². The lowest BCUT2D eigenvalue weighted by Crippen LogP contribution is -2.34. The number of hydrogen-bond acceptors (Lipinski definition) is 3. The van der Waals surface area contributed by atoms with Crippen molar-refractivity contribution in [3.63, 3.8) is 0 Å². The third-order valence-electron chi connectivity index (χ3n) is 5.31. The molecule has 5 heteroatoms. The highest BCUT2D eigenvalue weighted by molar-refractivity contribution is 7.20. The van der Waals surface area contributed by atoms with Crippen molar-refractivity contribution in [2.45, 2.75) is 38.1 Å². The summed E-state index contributed by atoms with van der Waals surface area (Å²) < 4.78 is 3.63. The zero-order valence-corrected chi connectivity index (χ0v) is 14.6.